The van der Waals surface area contributed by atoms with Crippen molar-refractivity contribution in [3.05, 3.63) is 35.0 Å². The average molecular weight is 472 g/mol. The molecular weight excluding hydrogens is 434 g/mol. The molecule has 2 aliphatic heterocycles. The zero-order valence-corrected chi connectivity index (χ0v) is 20.6. The number of piperazine rings is 1. The summed E-state index contributed by atoms with van der Waals surface area (Å²) in [5, 5.41) is 12.0. The minimum absolute atomic E-state index is 0.000590. The van der Waals surface area contributed by atoms with Crippen molar-refractivity contribution in [3.8, 4) is 0 Å². The van der Waals surface area contributed by atoms with Gasteiger partial charge in [0.2, 0.25) is 0 Å². The molecule has 6 nitrogen and oxygen atoms in total. The molecule has 3 fully saturated rings. The number of aromatic nitrogens is 1. The van der Waals surface area contributed by atoms with Crippen LogP contribution in [0.25, 0.3) is 10.9 Å². The summed E-state index contributed by atoms with van der Waals surface area (Å²) in [6, 6.07) is 6.90. The minimum Gasteiger partial charge on any atom is -0.350 e. The van der Waals surface area contributed by atoms with Gasteiger partial charge in [-0.25, -0.2) is 0 Å². The standard InChI is InChI=1S/C26H38ClN5O/c1-19-15-32(14-13-28-19)26(10-3-2-4-11-26)18-30-25(33)21-17-31(16-20-7-6-12-29-20)23-9-5-8-22(27)24(21)23/h5,8-9,17,19-20,28-29H,2-4,6-7,10-16,18H2,1H3,(H,30,33)/t19-,20+/m1/s1. The lowest BCUT2D eigenvalue weighted by Gasteiger charge is -2.49. The number of halogens is 1. The third kappa shape index (κ3) is 4.81. The van der Waals surface area contributed by atoms with Gasteiger partial charge >= 0.3 is 0 Å². The third-order valence-corrected chi connectivity index (χ3v) is 8.40. The van der Waals surface area contributed by atoms with E-state index < -0.39 is 0 Å². The summed E-state index contributed by atoms with van der Waals surface area (Å²) in [7, 11) is 0. The first-order valence-corrected chi connectivity index (χ1v) is 13.2. The molecule has 33 heavy (non-hydrogen) atoms. The maximum Gasteiger partial charge on any atom is 0.253 e. The zero-order chi connectivity index (χ0) is 22.8. The van der Waals surface area contributed by atoms with Crippen molar-refractivity contribution >= 4 is 28.4 Å². The topological polar surface area (TPSA) is 61.3 Å². The van der Waals surface area contributed by atoms with Gasteiger partial charge in [-0.3, -0.25) is 9.69 Å². The van der Waals surface area contributed by atoms with Crippen molar-refractivity contribution in [3.63, 3.8) is 0 Å². The van der Waals surface area contributed by atoms with Crippen molar-refractivity contribution in [2.45, 2.75) is 76.0 Å². The normalized spacial score (nSPS) is 26.0. The Balaban J connectivity index is 1.38. The second kappa shape index (κ2) is 9.95. The summed E-state index contributed by atoms with van der Waals surface area (Å²) >= 11 is 6.63. The van der Waals surface area contributed by atoms with Crippen molar-refractivity contribution in [2.75, 3.05) is 32.7 Å². The number of hydrogen-bond acceptors (Lipinski definition) is 4. The van der Waals surface area contributed by atoms with Crippen LogP contribution in [0.4, 0.5) is 0 Å². The van der Waals surface area contributed by atoms with Crippen LogP contribution in [0, 0.1) is 0 Å². The van der Waals surface area contributed by atoms with Gasteiger partial charge in [0.25, 0.3) is 5.91 Å². The fourth-order valence-electron chi connectivity index (χ4n) is 6.30. The monoisotopic (exact) mass is 471 g/mol. The fourth-order valence-corrected chi connectivity index (χ4v) is 6.57. The molecule has 1 saturated carbocycles. The number of amides is 1. The second-order valence-electron chi connectivity index (χ2n) is 10.4. The Kier molecular flexibility index (Phi) is 6.98. The molecular formula is C26H38ClN5O. The molecule has 1 aliphatic carbocycles. The molecule has 1 aromatic carbocycles. The summed E-state index contributed by atoms with van der Waals surface area (Å²) in [4.78, 5) is 16.2. The number of carbonyl (C=O) groups is 1. The van der Waals surface area contributed by atoms with Gasteiger partial charge in [0.05, 0.1) is 16.1 Å². The summed E-state index contributed by atoms with van der Waals surface area (Å²) in [6.45, 7) is 8.04. The first-order chi connectivity index (χ1) is 16.1. The molecule has 0 unspecified atom stereocenters. The lowest BCUT2D eigenvalue weighted by molar-refractivity contribution is 0.0273. The molecule has 2 atom stereocenters. The molecule has 0 radical (unpaired) electrons. The second-order valence-corrected chi connectivity index (χ2v) is 10.8. The predicted molar refractivity (Wildman–Crippen MR) is 135 cm³/mol. The molecule has 2 aromatic rings. The van der Waals surface area contributed by atoms with Gasteiger partial charge in [-0.05, 0) is 51.3 Å². The Morgan fingerprint density at radius 1 is 1.18 bits per heavy atom. The summed E-state index contributed by atoms with van der Waals surface area (Å²) in [6.07, 6.45) is 10.5. The Morgan fingerprint density at radius 3 is 2.79 bits per heavy atom. The molecule has 0 spiro atoms. The smallest absolute Gasteiger partial charge is 0.253 e. The van der Waals surface area contributed by atoms with Crippen LogP contribution in [0.5, 0.6) is 0 Å². The number of nitrogens with one attached hydrogen (secondary N) is 3. The Hall–Kier alpha value is -1.60. The molecule has 3 N–H and O–H groups in total. The molecule has 7 heteroatoms. The number of hydrogen-bond donors (Lipinski definition) is 3. The first-order valence-electron chi connectivity index (χ1n) is 12.8. The number of carbonyl (C=O) groups excluding carboxylic acids is 1. The lowest BCUT2D eigenvalue weighted by Crippen LogP contribution is -2.63. The predicted octanol–water partition coefficient (Wildman–Crippen LogP) is 3.77. The van der Waals surface area contributed by atoms with Crippen LogP contribution in [0.2, 0.25) is 5.02 Å². The van der Waals surface area contributed by atoms with E-state index in [9.17, 15) is 4.79 Å². The zero-order valence-electron chi connectivity index (χ0n) is 19.8. The number of rotatable bonds is 6. The third-order valence-electron chi connectivity index (χ3n) is 8.08. The van der Waals surface area contributed by atoms with Gasteiger partial charge in [-0.2, -0.15) is 0 Å². The molecule has 3 aliphatic rings. The van der Waals surface area contributed by atoms with E-state index in [1.165, 1.54) is 32.1 Å². The van der Waals surface area contributed by atoms with E-state index in [0.717, 1.165) is 56.5 Å². The van der Waals surface area contributed by atoms with E-state index in [0.29, 0.717) is 29.2 Å². The van der Waals surface area contributed by atoms with E-state index in [1.54, 1.807) is 0 Å². The summed E-state index contributed by atoms with van der Waals surface area (Å²) < 4.78 is 2.22. The molecule has 180 valence electrons. The maximum atomic E-state index is 13.6. The van der Waals surface area contributed by atoms with E-state index in [-0.39, 0.29) is 11.4 Å². The highest BCUT2D eigenvalue weighted by molar-refractivity contribution is 6.36. The van der Waals surface area contributed by atoms with E-state index in [4.69, 9.17) is 11.6 Å². The molecule has 0 bridgehead atoms. The number of benzene rings is 1. The quantitative estimate of drug-likeness (QED) is 0.600. The van der Waals surface area contributed by atoms with Crippen LogP contribution >= 0.6 is 11.6 Å². The molecule has 1 aromatic heterocycles. The molecule has 5 rings (SSSR count). The fraction of sp³-hybridized carbons (Fsp3) is 0.654. The van der Waals surface area contributed by atoms with Crippen LogP contribution in [-0.4, -0.2) is 65.7 Å². The van der Waals surface area contributed by atoms with Crippen LogP contribution in [0.1, 0.15) is 62.2 Å². The summed E-state index contributed by atoms with van der Waals surface area (Å²) in [5.74, 6) is -0.000590. The van der Waals surface area contributed by atoms with Gasteiger partial charge in [0, 0.05) is 61.9 Å². The van der Waals surface area contributed by atoms with Crippen LogP contribution in [0.15, 0.2) is 24.4 Å². The number of nitrogens with zero attached hydrogens (tertiary/aromatic N) is 2. The largest absolute Gasteiger partial charge is 0.350 e. The van der Waals surface area contributed by atoms with E-state index >= 15 is 0 Å². The lowest BCUT2D eigenvalue weighted by atomic mass is 9.79. The molecule has 2 saturated heterocycles. The van der Waals surface area contributed by atoms with Crippen LogP contribution in [-0.2, 0) is 6.54 Å². The van der Waals surface area contributed by atoms with Crippen LogP contribution in [0.3, 0.4) is 0 Å². The highest BCUT2D eigenvalue weighted by Crippen LogP contribution is 2.35. The van der Waals surface area contributed by atoms with Crippen molar-refractivity contribution in [1.82, 2.24) is 25.4 Å². The Morgan fingerprint density at radius 2 is 2.03 bits per heavy atom. The van der Waals surface area contributed by atoms with Gasteiger partial charge in [-0.15, -0.1) is 0 Å². The van der Waals surface area contributed by atoms with Crippen molar-refractivity contribution < 1.29 is 4.79 Å². The maximum absolute atomic E-state index is 13.6. The van der Waals surface area contributed by atoms with Gasteiger partial charge < -0.3 is 20.5 Å². The summed E-state index contributed by atoms with van der Waals surface area (Å²) in [5.41, 5.74) is 1.82. The van der Waals surface area contributed by atoms with E-state index in [1.807, 2.05) is 18.3 Å². The SMILES string of the molecule is C[C@@H]1CN(C2(CNC(=O)c3cn(C[C@@H]4CCCN4)c4cccc(Cl)c34)CCCCC2)CCN1. The van der Waals surface area contributed by atoms with Crippen molar-refractivity contribution in [1.29, 1.82) is 0 Å². The highest BCUT2D eigenvalue weighted by Gasteiger charge is 2.39. The average Bonchev–Trinajstić information content (AvgIpc) is 3.47. The molecule has 1 amide bonds. The van der Waals surface area contributed by atoms with Gasteiger partial charge in [0.15, 0.2) is 0 Å². The van der Waals surface area contributed by atoms with Gasteiger partial charge in [0.1, 0.15) is 0 Å². The number of fused-ring (bicyclic) bond motifs is 1. The molecule has 3 heterocycles. The van der Waals surface area contributed by atoms with E-state index in [2.05, 4.69) is 38.4 Å². The first kappa shape index (κ1) is 23.2. The van der Waals surface area contributed by atoms with Crippen LogP contribution < -0.4 is 16.0 Å². The Bertz CT molecular complexity index is 976. The highest BCUT2D eigenvalue weighted by atomic mass is 35.5. The van der Waals surface area contributed by atoms with Crippen molar-refractivity contribution in [2.24, 2.45) is 0 Å². The van der Waals surface area contributed by atoms with Gasteiger partial charge in [-0.1, -0.05) is 36.9 Å². The Labute approximate surface area is 202 Å². The minimum atomic E-state index is -0.000590.